The third-order valence-electron chi connectivity index (χ3n) is 2.15. The number of hydrogen-bond acceptors (Lipinski definition) is 2. The molecule has 1 N–H and O–H groups in total. The number of benzene rings is 1. The lowest BCUT2D eigenvalue weighted by Crippen LogP contribution is -1.85. The molecule has 0 fully saturated rings. The summed E-state index contributed by atoms with van der Waals surface area (Å²) in [5.41, 5.74) is 2.30. The summed E-state index contributed by atoms with van der Waals surface area (Å²) in [4.78, 5) is 0. The average molecular weight is 234 g/mol. The highest BCUT2D eigenvalue weighted by Gasteiger charge is 1.94. The number of unbranched alkanes of at least 4 members (excludes halogenated alkanes) is 1. The highest BCUT2D eigenvalue weighted by atomic mass is 32.2. The Balaban J connectivity index is 2.47. The average Bonchev–Trinajstić information content (AvgIpc) is 2.33. The Morgan fingerprint density at radius 2 is 2.25 bits per heavy atom. The molecule has 0 amide bonds. The van der Waals surface area contributed by atoms with Gasteiger partial charge in [0.15, 0.2) is 0 Å². The summed E-state index contributed by atoms with van der Waals surface area (Å²) in [5, 5.41) is 8.62. The molecule has 0 radical (unpaired) electrons. The topological polar surface area (TPSA) is 20.2 Å². The van der Waals surface area contributed by atoms with Crippen molar-refractivity contribution >= 4 is 11.8 Å². The van der Waals surface area contributed by atoms with E-state index in [4.69, 9.17) is 5.11 Å². The Kier molecular flexibility index (Phi) is 6.80. The molecule has 2 heteroatoms. The van der Waals surface area contributed by atoms with Gasteiger partial charge in [-0.1, -0.05) is 37.3 Å². The predicted molar refractivity (Wildman–Crippen MR) is 71.5 cm³/mol. The van der Waals surface area contributed by atoms with Crippen molar-refractivity contribution in [2.45, 2.75) is 25.5 Å². The molecule has 0 aliphatic rings. The van der Waals surface area contributed by atoms with Crippen LogP contribution in [0.4, 0.5) is 0 Å². The van der Waals surface area contributed by atoms with E-state index in [-0.39, 0.29) is 6.61 Å². The Hall–Kier alpha value is -0.910. The van der Waals surface area contributed by atoms with Crippen molar-refractivity contribution in [1.82, 2.24) is 0 Å². The molecule has 0 aromatic heterocycles. The first-order valence-corrected chi connectivity index (χ1v) is 6.78. The van der Waals surface area contributed by atoms with Crippen molar-refractivity contribution in [1.29, 1.82) is 0 Å². The van der Waals surface area contributed by atoms with Crippen LogP contribution in [0.15, 0.2) is 24.3 Å². The maximum atomic E-state index is 8.62. The van der Waals surface area contributed by atoms with Gasteiger partial charge in [-0.15, -0.1) is 0 Å². The van der Waals surface area contributed by atoms with E-state index >= 15 is 0 Å². The summed E-state index contributed by atoms with van der Waals surface area (Å²) in [6, 6.07) is 8.23. The molecule has 0 aliphatic heterocycles. The second-order valence-corrected chi connectivity index (χ2v) is 4.67. The van der Waals surface area contributed by atoms with Crippen LogP contribution >= 0.6 is 11.8 Å². The van der Waals surface area contributed by atoms with E-state index in [1.807, 2.05) is 23.9 Å². The maximum absolute atomic E-state index is 8.62. The molecule has 0 spiro atoms. The van der Waals surface area contributed by atoms with Crippen LogP contribution in [0.5, 0.6) is 0 Å². The van der Waals surface area contributed by atoms with Gasteiger partial charge in [-0.3, -0.25) is 0 Å². The summed E-state index contributed by atoms with van der Waals surface area (Å²) < 4.78 is 0. The molecular weight excluding hydrogens is 216 g/mol. The highest BCUT2D eigenvalue weighted by molar-refractivity contribution is 7.98. The molecule has 0 unspecified atom stereocenters. The lowest BCUT2D eigenvalue weighted by Gasteiger charge is -2.01. The van der Waals surface area contributed by atoms with Gasteiger partial charge in [0.1, 0.15) is 6.61 Å². The van der Waals surface area contributed by atoms with Crippen LogP contribution in [0.2, 0.25) is 0 Å². The predicted octanol–water partition coefficient (Wildman–Crippen LogP) is 3.06. The number of hydrogen-bond donors (Lipinski definition) is 1. The van der Waals surface area contributed by atoms with Crippen molar-refractivity contribution in [3.05, 3.63) is 35.4 Å². The minimum atomic E-state index is -0.0739. The van der Waals surface area contributed by atoms with Gasteiger partial charge in [0, 0.05) is 11.3 Å². The van der Waals surface area contributed by atoms with E-state index < -0.39 is 0 Å². The number of aliphatic hydroxyl groups is 1. The molecule has 0 bridgehead atoms. The highest BCUT2D eigenvalue weighted by Crippen LogP contribution is 2.14. The van der Waals surface area contributed by atoms with Crippen LogP contribution in [-0.2, 0) is 5.75 Å². The van der Waals surface area contributed by atoms with E-state index in [9.17, 15) is 0 Å². The van der Waals surface area contributed by atoms with Gasteiger partial charge < -0.3 is 5.11 Å². The molecule has 86 valence electrons. The normalized spacial score (nSPS) is 9.62. The molecule has 0 atom stereocenters. The molecule has 0 saturated heterocycles. The van der Waals surface area contributed by atoms with Gasteiger partial charge in [0.2, 0.25) is 0 Å². The van der Waals surface area contributed by atoms with Crippen LogP contribution < -0.4 is 0 Å². The lowest BCUT2D eigenvalue weighted by atomic mass is 10.1. The molecule has 1 aromatic rings. The molecule has 1 aromatic carbocycles. The third-order valence-corrected chi connectivity index (χ3v) is 3.26. The standard InChI is InChI=1S/C14H18OS/c1-2-3-10-16-12-14-7-4-6-13(11-14)8-5-9-15/h4,6-7,11,15H,2-3,9-10,12H2,1H3. The second-order valence-electron chi connectivity index (χ2n) is 3.57. The molecular formula is C14H18OS. The molecule has 0 saturated carbocycles. The zero-order valence-corrected chi connectivity index (χ0v) is 10.5. The molecule has 1 nitrogen and oxygen atoms in total. The van der Waals surface area contributed by atoms with E-state index in [0.717, 1.165) is 11.3 Å². The minimum absolute atomic E-state index is 0.0739. The lowest BCUT2D eigenvalue weighted by molar-refractivity contribution is 0.350. The first-order valence-electron chi connectivity index (χ1n) is 5.63. The van der Waals surface area contributed by atoms with Gasteiger partial charge >= 0.3 is 0 Å². The summed E-state index contributed by atoms with van der Waals surface area (Å²) in [5.74, 6) is 7.87. The largest absolute Gasteiger partial charge is 0.384 e. The Bertz CT molecular complexity index is 362. The molecule has 0 heterocycles. The van der Waals surface area contributed by atoms with Crippen LogP contribution in [0.3, 0.4) is 0 Å². The fraction of sp³-hybridized carbons (Fsp3) is 0.429. The molecule has 0 aliphatic carbocycles. The number of aliphatic hydroxyl groups excluding tert-OH is 1. The Labute approximate surface area is 102 Å². The fourth-order valence-electron chi connectivity index (χ4n) is 1.32. The van der Waals surface area contributed by atoms with Crippen molar-refractivity contribution in [2.75, 3.05) is 12.4 Å². The number of rotatable bonds is 5. The summed E-state index contributed by atoms with van der Waals surface area (Å²) in [6.45, 7) is 2.14. The van der Waals surface area contributed by atoms with E-state index in [1.54, 1.807) is 0 Å². The minimum Gasteiger partial charge on any atom is -0.384 e. The molecule has 1 rings (SSSR count). The summed E-state index contributed by atoms with van der Waals surface area (Å²) in [6.07, 6.45) is 2.55. The fourth-order valence-corrected chi connectivity index (χ4v) is 2.37. The second kappa shape index (κ2) is 8.27. The van der Waals surface area contributed by atoms with Gasteiger partial charge in [0.05, 0.1) is 0 Å². The Morgan fingerprint density at radius 1 is 1.38 bits per heavy atom. The first kappa shape index (κ1) is 13.2. The quantitative estimate of drug-likeness (QED) is 0.624. The van der Waals surface area contributed by atoms with Crippen LogP contribution in [0.25, 0.3) is 0 Å². The smallest absolute Gasteiger partial charge is 0.104 e. The SMILES string of the molecule is CCCCSCc1cccc(C#CCO)c1. The van der Waals surface area contributed by atoms with E-state index in [1.165, 1.54) is 24.2 Å². The van der Waals surface area contributed by atoms with Crippen molar-refractivity contribution in [3.8, 4) is 11.8 Å². The van der Waals surface area contributed by atoms with Crippen molar-refractivity contribution in [3.63, 3.8) is 0 Å². The van der Waals surface area contributed by atoms with Gasteiger partial charge in [-0.05, 0) is 29.9 Å². The number of thioether (sulfide) groups is 1. The van der Waals surface area contributed by atoms with Crippen LogP contribution in [0.1, 0.15) is 30.9 Å². The van der Waals surface area contributed by atoms with Crippen LogP contribution in [0, 0.1) is 11.8 Å². The third kappa shape index (κ3) is 5.25. The van der Waals surface area contributed by atoms with Crippen molar-refractivity contribution in [2.24, 2.45) is 0 Å². The summed E-state index contributed by atoms with van der Waals surface area (Å²) >= 11 is 1.97. The zero-order valence-electron chi connectivity index (χ0n) is 9.70. The van der Waals surface area contributed by atoms with Gasteiger partial charge in [-0.2, -0.15) is 11.8 Å². The summed E-state index contributed by atoms with van der Waals surface area (Å²) in [7, 11) is 0. The van der Waals surface area contributed by atoms with Gasteiger partial charge in [0.25, 0.3) is 0 Å². The first-order chi connectivity index (χ1) is 7.86. The van der Waals surface area contributed by atoms with E-state index in [2.05, 4.69) is 30.9 Å². The Morgan fingerprint density at radius 3 is 3.00 bits per heavy atom. The zero-order chi connectivity index (χ0) is 11.6. The van der Waals surface area contributed by atoms with Crippen molar-refractivity contribution < 1.29 is 5.11 Å². The molecule has 16 heavy (non-hydrogen) atoms. The van der Waals surface area contributed by atoms with Gasteiger partial charge in [-0.25, -0.2) is 0 Å². The van der Waals surface area contributed by atoms with Crippen LogP contribution in [-0.4, -0.2) is 17.5 Å². The van der Waals surface area contributed by atoms with E-state index in [0.29, 0.717) is 0 Å². The maximum Gasteiger partial charge on any atom is 0.104 e. The monoisotopic (exact) mass is 234 g/mol.